The van der Waals surface area contributed by atoms with Gasteiger partial charge in [-0.15, -0.1) is 0 Å². The Balaban J connectivity index is 2.64. The molecule has 82 valence electrons. The monoisotopic (exact) mass is 280 g/mol. The zero-order valence-electron chi connectivity index (χ0n) is 8.57. The van der Waals surface area contributed by atoms with E-state index in [0.717, 1.165) is 21.1 Å². The summed E-state index contributed by atoms with van der Waals surface area (Å²) >= 11 is 3.43. The summed E-state index contributed by atoms with van der Waals surface area (Å²) in [5.74, 6) is -0.579. The van der Waals surface area contributed by atoms with E-state index < -0.39 is 5.97 Å². The predicted molar refractivity (Wildman–Crippen MR) is 63.3 cm³/mol. The number of aryl methyl sites for hydroxylation is 1. The maximum atomic E-state index is 10.6. The van der Waals surface area contributed by atoms with Crippen molar-refractivity contribution in [3.63, 3.8) is 0 Å². The van der Waals surface area contributed by atoms with E-state index >= 15 is 0 Å². The molecule has 4 nitrogen and oxygen atoms in total. The van der Waals surface area contributed by atoms with E-state index in [-0.39, 0.29) is 6.42 Å². The summed E-state index contributed by atoms with van der Waals surface area (Å²) in [5.41, 5.74) is 1.55. The van der Waals surface area contributed by atoms with Crippen molar-refractivity contribution in [1.29, 1.82) is 0 Å². The van der Waals surface area contributed by atoms with Crippen molar-refractivity contribution in [2.75, 3.05) is 0 Å². The average molecular weight is 281 g/mol. The molecule has 5 heteroatoms. The molecule has 0 unspecified atom stereocenters. The van der Waals surface area contributed by atoms with E-state index in [9.17, 15) is 4.79 Å². The van der Waals surface area contributed by atoms with Crippen LogP contribution in [0, 0.1) is 6.92 Å². The van der Waals surface area contributed by atoms with Crippen LogP contribution >= 0.6 is 15.9 Å². The van der Waals surface area contributed by atoms with Crippen molar-refractivity contribution in [3.05, 3.63) is 34.2 Å². The molecule has 0 bridgehead atoms. The fourth-order valence-corrected chi connectivity index (χ4v) is 2.23. The number of aromatic nitrogens is 2. The SMILES string of the molecule is Cc1nc(CC(=O)O)nc2cccc(Br)c12. The molecule has 16 heavy (non-hydrogen) atoms. The summed E-state index contributed by atoms with van der Waals surface area (Å²) in [7, 11) is 0. The smallest absolute Gasteiger partial charge is 0.311 e. The van der Waals surface area contributed by atoms with Gasteiger partial charge in [0.25, 0.3) is 0 Å². The van der Waals surface area contributed by atoms with Crippen LogP contribution in [0.1, 0.15) is 11.5 Å². The molecular formula is C11H9BrN2O2. The average Bonchev–Trinajstić information content (AvgIpc) is 2.15. The highest BCUT2D eigenvalue weighted by molar-refractivity contribution is 9.10. The lowest BCUT2D eigenvalue weighted by molar-refractivity contribution is -0.136. The van der Waals surface area contributed by atoms with Gasteiger partial charge in [0.2, 0.25) is 0 Å². The molecule has 1 aromatic heterocycles. The number of halogens is 1. The Morgan fingerprint density at radius 1 is 1.44 bits per heavy atom. The topological polar surface area (TPSA) is 63.1 Å². The van der Waals surface area contributed by atoms with Crippen LogP contribution in [0.3, 0.4) is 0 Å². The number of carbonyl (C=O) groups is 1. The molecule has 0 radical (unpaired) electrons. The number of nitrogens with zero attached hydrogens (tertiary/aromatic N) is 2. The minimum Gasteiger partial charge on any atom is -0.481 e. The van der Waals surface area contributed by atoms with Crippen molar-refractivity contribution < 1.29 is 9.90 Å². The Bertz CT molecular complexity index is 569. The number of hydrogen-bond acceptors (Lipinski definition) is 3. The molecule has 0 spiro atoms. The van der Waals surface area contributed by atoms with E-state index in [4.69, 9.17) is 5.11 Å². The fraction of sp³-hybridized carbons (Fsp3) is 0.182. The quantitative estimate of drug-likeness (QED) is 0.917. The first-order chi connectivity index (χ1) is 7.58. The van der Waals surface area contributed by atoms with Gasteiger partial charge in [-0.05, 0) is 19.1 Å². The van der Waals surface area contributed by atoms with Crippen molar-refractivity contribution in [1.82, 2.24) is 9.97 Å². The van der Waals surface area contributed by atoms with Crippen LogP contribution in [0.4, 0.5) is 0 Å². The van der Waals surface area contributed by atoms with Gasteiger partial charge < -0.3 is 5.11 Å². The van der Waals surface area contributed by atoms with E-state index in [0.29, 0.717) is 5.82 Å². The Labute approximate surface area is 100 Å². The van der Waals surface area contributed by atoms with E-state index in [2.05, 4.69) is 25.9 Å². The highest BCUT2D eigenvalue weighted by Crippen LogP contribution is 2.24. The number of carboxylic acids is 1. The van der Waals surface area contributed by atoms with Crippen LogP contribution in [0.25, 0.3) is 10.9 Å². The highest BCUT2D eigenvalue weighted by atomic mass is 79.9. The molecule has 1 N–H and O–H groups in total. The third-order valence-corrected chi connectivity index (χ3v) is 2.87. The second-order valence-corrected chi connectivity index (χ2v) is 4.28. The molecule has 0 aliphatic heterocycles. The maximum Gasteiger partial charge on any atom is 0.311 e. The predicted octanol–water partition coefficient (Wildman–Crippen LogP) is 2.33. The lowest BCUT2D eigenvalue weighted by Crippen LogP contribution is -2.06. The van der Waals surface area contributed by atoms with Gasteiger partial charge in [-0.25, -0.2) is 9.97 Å². The number of aliphatic carboxylic acids is 1. The number of hydrogen-bond donors (Lipinski definition) is 1. The van der Waals surface area contributed by atoms with Crippen molar-refractivity contribution in [2.24, 2.45) is 0 Å². The Kier molecular flexibility index (Phi) is 2.87. The van der Waals surface area contributed by atoms with Gasteiger partial charge in [-0.1, -0.05) is 22.0 Å². The summed E-state index contributed by atoms with van der Waals surface area (Å²) in [6.07, 6.45) is -0.150. The second kappa shape index (κ2) is 4.17. The Hall–Kier alpha value is -1.49. The standard InChI is InChI=1S/C11H9BrN2O2/c1-6-11-7(12)3-2-4-8(11)14-9(13-6)5-10(15)16/h2-4H,5H2,1H3,(H,15,16). The number of rotatable bonds is 2. The lowest BCUT2D eigenvalue weighted by atomic mass is 10.2. The maximum absolute atomic E-state index is 10.6. The largest absolute Gasteiger partial charge is 0.481 e. The molecule has 0 saturated carbocycles. The second-order valence-electron chi connectivity index (χ2n) is 3.43. The van der Waals surface area contributed by atoms with Gasteiger partial charge in [-0.2, -0.15) is 0 Å². The lowest BCUT2D eigenvalue weighted by Gasteiger charge is -2.05. The third-order valence-electron chi connectivity index (χ3n) is 2.21. The van der Waals surface area contributed by atoms with Crippen molar-refractivity contribution in [3.8, 4) is 0 Å². The van der Waals surface area contributed by atoms with Crippen LogP contribution in [0.2, 0.25) is 0 Å². The molecule has 0 aliphatic rings. The van der Waals surface area contributed by atoms with Gasteiger partial charge in [0.15, 0.2) is 0 Å². The summed E-state index contributed by atoms with van der Waals surface area (Å²) < 4.78 is 0.921. The molecule has 2 aromatic rings. The first-order valence-corrected chi connectivity index (χ1v) is 5.51. The van der Waals surface area contributed by atoms with Crippen LogP contribution in [0.15, 0.2) is 22.7 Å². The normalized spacial score (nSPS) is 10.6. The van der Waals surface area contributed by atoms with Gasteiger partial charge in [0, 0.05) is 15.6 Å². The van der Waals surface area contributed by atoms with E-state index in [1.807, 2.05) is 25.1 Å². The molecule has 0 atom stereocenters. The first-order valence-electron chi connectivity index (χ1n) is 4.71. The van der Waals surface area contributed by atoms with Gasteiger partial charge in [0.05, 0.1) is 5.52 Å². The Morgan fingerprint density at radius 2 is 2.19 bits per heavy atom. The summed E-state index contributed by atoms with van der Waals surface area (Å²) in [4.78, 5) is 19.0. The van der Waals surface area contributed by atoms with E-state index in [1.54, 1.807) is 0 Å². The number of carboxylic acid groups (broad SMARTS) is 1. The van der Waals surface area contributed by atoms with Crippen LogP contribution < -0.4 is 0 Å². The molecule has 1 aromatic carbocycles. The van der Waals surface area contributed by atoms with Crippen molar-refractivity contribution in [2.45, 2.75) is 13.3 Å². The third kappa shape index (κ3) is 2.04. The zero-order valence-corrected chi connectivity index (χ0v) is 10.2. The molecule has 1 heterocycles. The zero-order chi connectivity index (χ0) is 11.7. The number of benzene rings is 1. The number of fused-ring (bicyclic) bond motifs is 1. The minimum atomic E-state index is -0.922. The molecule has 2 rings (SSSR count). The van der Waals surface area contributed by atoms with Gasteiger partial charge >= 0.3 is 5.97 Å². The summed E-state index contributed by atoms with van der Waals surface area (Å²) in [6, 6.07) is 5.62. The van der Waals surface area contributed by atoms with Gasteiger partial charge in [0.1, 0.15) is 12.2 Å². The van der Waals surface area contributed by atoms with Crippen LogP contribution in [0.5, 0.6) is 0 Å². The molecule has 0 fully saturated rings. The molecule has 0 saturated heterocycles. The van der Waals surface area contributed by atoms with Crippen LogP contribution in [-0.2, 0) is 11.2 Å². The Morgan fingerprint density at radius 3 is 2.88 bits per heavy atom. The molecule has 0 aliphatic carbocycles. The molecule has 0 amide bonds. The molecular weight excluding hydrogens is 272 g/mol. The summed E-state index contributed by atoms with van der Waals surface area (Å²) in [5, 5.41) is 9.62. The van der Waals surface area contributed by atoms with E-state index in [1.165, 1.54) is 0 Å². The van der Waals surface area contributed by atoms with Gasteiger partial charge in [-0.3, -0.25) is 4.79 Å². The van der Waals surface area contributed by atoms with Crippen LogP contribution in [-0.4, -0.2) is 21.0 Å². The summed E-state index contributed by atoms with van der Waals surface area (Å²) in [6.45, 7) is 1.85. The first kappa shape index (κ1) is 11.0. The fourth-order valence-electron chi connectivity index (χ4n) is 1.59. The minimum absolute atomic E-state index is 0.150. The highest BCUT2D eigenvalue weighted by Gasteiger charge is 2.09. The van der Waals surface area contributed by atoms with Crippen molar-refractivity contribution >= 4 is 32.8 Å².